The number of ether oxygens (including phenoxy) is 2. The summed E-state index contributed by atoms with van der Waals surface area (Å²) >= 11 is 0. The van der Waals surface area contributed by atoms with Crippen LogP contribution in [0.2, 0.25) is 0 Å². The van der Waals surface area contributed by atoms with Gasteiger partial charge in [0.25, 0.3) is 5.56 Å². The van der Waals surface area contributed by atoms with Gasteiger partial charge in [0.2, 0.25) is 0 Å². The number of hydrogen-bond donors (Lipinski definition) is 1. The minimum absolute atomic E-state index is 0.276. The lowest BCUT2D eigenvalue weighted by Crippen LogP contribution is -2.32. The first-order valence-electron chi connectivity index (χ1n) is 6.81. The van der Waals surface area contributed by atoms with E-state index in [0.717, 1.165) is 0 Å². The minimum Gasteiger partial charge on any atom is -0.497 e. The zero-order valence-electron chi connectivity index (χ0n) is 13.4. The second-order valence-corrected chi connectivity index (χ2v) is 5.50. The van der Waals surface area contributed by atoms with Gasteiger partial charge in [-0.15, -0.1) is 0 Å². The van der Waals surface area contributed by atoms with Gasteiger partial charge in [-0.25, -0.2) is 4.68 Å². The molecule has 6 heteroatoms. The standard InChI is InChI=1S/C16H20N2O4/c1-16(2,20)12-9-13(17-18(3)15(12)19)11-7-6-10(21-4)8-14(11)22-5/h6-9,20H,1-5H3. The van der Waals surface area contributed by atoms with Crippen LogP contribution in [0.4, 0.5) is 0 Å². The smallest absolute Gasteiger partial charge is 0.272 e. The Morgan fingerprint density at radius 2 is 1.86 bits per heavy atom. The van der Waals surface area contributed by atoms with E-state index in [1.54, 1.807) is 59.4 Å². The molecule has 0 unspecified atom stereocenters. The van der Waals surface area contributed by atoms with Crippen LogP contribution >= 0.6 is 0 Å². The molecule has 2 aromatic rings. The molecule has 0 atom stereocenters. The highest BCUT2D eigenvalue weighted by Gasteiger charge is 2.23. The van der Waals surface area contributed by atoms with Gasteiger partial charge in [-0.1, -0.05) is 0 Å². The Morgan fingerprint density at radius 3 is 2.41 bits per heavy atom. The molecule has 2 rings (SSSR count). The molecule has 0 aliphatic heterocycles. The Hall–Kier alpha value is -2.34. The quantitative estimate of drug-likeness (QED) is 0.930. The lowest BCUT2D eigenvalue weighted by atomic mass is 9.98. The van der Waals surface area contributed by atoms with Gasteiger partial charge in [-0.3, -0.25) is 4.79 Å². The maximum atomic E-state index is 12.1. The molecule has 1 N–H and O–H groups in total. The Morgan fingerprint density at radius 1 is 1.18 bits per heavy atom. The summed E-state index contributed by atoms with van der Waals surface area (Å²) in [5.41, 5.74) is -0.0589. The lowest BCUT2D eigenvalue weighted by molar-refractivity contribution is 0.0763. The van der Waals surface area contributed by atoms with Crippen molar-refractivity contribution in [3.05, 3.63) is 40.2 Å². The van der Waals surface area contributed by atoms with Crippen molar-refractivity contribution >= 4 is 0 Å². The van der Waals surface area contributed by atoms with Crippen LogP contribution in [0.25, 0.3) is 11.3 Å². The molecule has 6 nitrogen and oxygen atoms in total. The van der Waals surface area contributed by atoms with Gasteiger partial charge in [-0.2, -0.15) is 5.10 Å². The van der Waals surface area contributed by atoms with Crippen LogP contribution in [-0.2, 0) is 12.6 Å². The number of hydrogen-bond acceptors (Lipinski definition) is 5. The lowest BCUT2D eigenvalue weighted by Gasteiger charge is -2.19. The first-order chi connectivity index (χ1) is 10.3. The van der Waals surface area contributed by atoms with Gasteiger partial charge in [0.05, 0.1) is 31.1 Å². The molecular formula is C16H20N2O4. The summed E-state index contributed by atoms with van der Waals surface area (Å²) in [4.78, 5) is 12.1. The van der Waals surface area contributed by atoms with E-state index in [2.05, 4.69) is 5.10 Å². The van der Waals surface area contributed by atoms with E-state index in [1.807, 2.05) is 0 Å². The van der Waals surface area contributed by atoms with Crippen molar-refractivity contribution in [2.24, 2.45) is 7.05 Å². The molecule has 0 radical (unpaired) electrons. The van der Waals surface area contributed by atoms with E-state index in [0.29, 0.717) is 22.8 Å². The molecule has 1 aromatic carbocycles. The third-order valence-electron chi connectivity index (χ3n) is 3.41. The number of methoxy groups -OCH3 is 2. The van der Waals surface area contributed by atoms with Crippen LogP contribution in [0.3, 0.4) is 0 Å². The van der Waals surface area contributed by atoms with Crippen molar-refractivity contribution in [3.8, 4) is 22.8 Å². The summed E-state index contributed by atoms with van der Waals surface area (Å²) < 4.78 is 11.8. The van der Waals surface area contributed by atoms with E-state index >= 15 is 0 Å². The van der Waals surface area contributed by atoms with E-state index in [-0.39, 0.29) is 11.1 Å². The second kappa shape index (κ2) is 5.81. The molecule has 0 spiro atoms. The van der Waals surface area contributed by atoms with Gasteiger partial charge in [0.15, 0.2) is 0 Å². The first kappa shape index (κ1) is 16.0. The highest BCUT2D eigenvalue weighted by Crippen LogP contribution is 2.32. The van der Waals surface area contributed by atoms with Crippen LogP contribution in [0.1, 0.15) is 19.4 Å². The van der Waals surface area contributed by atoms with E-state index in [1.165, 1.54) is 4.68 Å². The molecule has 0 fully saturated rings. The average molecular weight is 304 g/mol. The third kappa shape index (κ3) is 2.96. The molecule has 0 saturated heterocycles. The zero-order valence-corrected chi connectivity index (χ0v) is 13.4. The second-order valence-electron chi connectivity index (χ2n) is 5.50. The van der Waals surface area contributed by atoms with E-state index < -0.39 is 5.60 Å². The Kier molecular flexibility index (Phi) is 4.23. The number of nitrogens with zero attached hydrogens (tertiary/aromatic N) is 2. The van der Waals surface area contributed by atoms with Gasteiger partial charge >= 0.3 is 0 Å². The molecular weight excluding hydrogens is 284 g/mol. The summed E-state index contributed by atoms with van der Waals surface area (Å²) in [5.74, 6) is 1.24. The van der Waals surface area contributed by atoms with Crippen LogP contribution in [0.5, 0.6) is 11.5 Å². The molecule has 1 heterocycles. The SMILES string of the molecule is COc1ccc(-c2cc(C(C)(C)O)c(=O)n(C)n2)c(OC)c1. The summed E-state index contributed by atoms with van der Waals surface area (Å²) in [6, 6.07) is 6.92. The van der Waals surface area contributed by atoms with Gasteiger partial charge in [-0.05, 0) is 32.0 Å². The van der Waals surface area contributed by atoms with Crippen molar-refractivity contribution in [2.75, 3.05) is 14.2 Å². The molecule has 0 amide bonds. The van der Waals surface area contributed by atoms with Crippen LogP contribution in [0.15, 0.2) is 29.1 Å². The Bertz CT molecular complexity index is 745. The van der Waals surface area contributed by atoms with Crippen molar-refractivity contribution in [2.45, 2.75) is 19.4 Å². The predicted molar refractivity (Wildman–Crippen MR) is 83.3 cm³/mol. The highest BCUT2D eigenvalue weighted by atomic mass is 16.5. The maximum absolute atomic E-state index is 12.1. The Balaban J connectivity index is 2.68. The Labute approximate surface area is 128 Å². The van der Waals surface area contributed by atoms with Gasteiger partial charge in [0.1, 0.15) is 11.5 Å². The van der Waals surface area contributed by atoms with E-state index in [9.17, 15) is 9.90 Å². The molecule has 1 aromatic heterocycles. The average Bonchev–Trinajstić information content (AvgIpc) is 2.48. The number of aliphatic hydroxyl groups is 1. The predicted octanol–water partition coefficient (Wildman–Crippen LogP) is 1.69. The first-order valence-corrected chi connectivity index (χ1v) is 6.81. The summed E-state index contributed by atoms with van der Waals surface area (Å²) in [6.07, 6.45) is 0. The largest absolute Gasteiger partial charge is 0.497 e. The van der Waals surface area contributed by atoms with Gasteiger partial charge in [0, 0.05) is 18.7 Å². The fourth-order valence-corrected chi connectivity index (χ4v) is 2.19. The van der Waals surface area contributed by atoms with Crippen LogP contribution < -0.4 is 15.0 Å². The van der Waals surface area contributed by atoms with Crippen molar-refractivity contribution < 1.29 is 14.6 Å². The molecule has 0 aliphatic rings. The minimum atomic E-state index is -1.26. The summed E-state index contributed by atoms with van der Waals surface area (Å²) in [5, 5.41) is 14.4. The number of benzene rings is 1. The van der Waals surface area contributed by atoms with Crippen LogP contribution in [0, 0.1) is 0 Å². The normalized spacial score (nSPS) is 11.4. The molecule has 118 valence electrons. The summed E-state index contributed by atoms with van der Waals surface area (Å²) in [7, 11) is 4.68. The summed E-state index contributed by atoms with van der Waals surface area (Å²) in [6.45, 7) is 3.14. The highest BCUT2D eigenvalue weighted by molar-refractivity contribution is 5.68. The van der Waals surface area contributed by atoms with Crippen LogP contribution in [-0.4, -0.2) is 29.1 Å². The van der Waals surface area contributed by atoms with Crippen molar-refractivity contribution in [1.29, 1.82) is 0 Å². The molecule has 0 bridgehead atoms. The monoisotopic (exact) mass is 304 g/mol. The van der Waals surface area contributed by atoms with E-state index in [4.69, 9.17) is 9.47 Å². The van der Waals surface area contributed by atoms with Crippen molar-refractivity contribution in [3.63, 3.8) is 0 Å². The molecule has 0 saturated carbocycles. The zero-order chi connectivity index (χ0) is 16.5. The topological polar surface area (TPSA) is 73.6 Å². The number of rotatable bonds is 4. The third-order valence-corrected chi connectivity index (χ3v) is 3.41. The van der Waals surface area contributed by atoms with Crippen molar-refractivity contribution in [1.82, 2.24) is 9.78 Å². The fraction of sp³-hybridized carbons (Fsp3) is 0.375. The molecule has 0 aliphatic carbocycles. The number of aryl methyl sites for hydroxylation is 1. The molecule has 22 heavy (non-hydrogen) atoms. The number of aromatic nitrogens is 2. The fourth-order valence-electron chi connectivity index (χ4n) is 2.19. The maximum Gasteiger partial charge on any atom is 0.272 e. The van der Waals surface area contributed by atoms with Gasteiger partial charge < -0.3 is 14.6 Å².